The van der Waals surface area contributed by atoms with Crippen LogP contribution in [0, 0.1) is 38.0 Å². The molecule has 1 heteroatoms. The molecule has 0 atom stereocenters. The smallest absolute Gasteiger partial charge is 0 e. The van der Waals surface area contributed by atoms with Gasteiger partial charge < -0.3 is 6.92 Å². The molecule has 7 heavy (non-hydrogen) atoms. The molecule has 0 nitrogen and oxygen atoms in total. The van der Waals surface area contributed by atoms with E-state index in [1.54, 1.807) is 0 Å². The van der Waals surface area contributed by atoms with Gasteiger partial charge in [-0.2, -0.15) is 6.42 Å². The van der Waals surface area contributed by atoms with Crippen molar-refractivity contribution in [3.05, 3.63) is 6.92 Å². The van der Waals surface area contributed by atoms with Gasteiger partial charge in [0.25, 0.3) is 0 Å². The molecular weight excluding hydrogens is 310 g/mol. The molecule has 0 aliphatic carbocycles. The second kappa shape index (κ2) is 10.1. The van der Waals surface area contributed by atoms with Crippen molar-refractivity contribution in [1.82, 2.24) is 0 Å². The Morgan fingerprint density at radius 2 is 1.86 bits per heavy atom. The molecule has 0 heterocycles. The largest absolute Gasteiger partial charge is 0.343 e. The summed E-state index contributed by atoms with van der Waals surface area (Å²) in [4.78, 5) is 0. The summed E-state index contributed by atoms with van der Waals surface area (Å²) in [5.41, 5.74) is 0. The van der Waals surface area contributed by atoms with Gasteiger partial charge in [0, 0.05) is 31.1 Å². The minimum absolute atomic E-state index is 0. The third-order valence-corrected chi connectivity index (χ3v) is 0.854. The van der Waals surface area contributed by atoms with Crippen LogP contribution in [0.1, 0.15) is 32.6 Å². The van der Waals surface area contributed by atoms with Crippen molar-refractivity contribution in [3.8, 4) is 0 Å². The van der Waals surface area contributed by atoms with Crippen LogP contribution in [-0.2, 0) is 0 Å². The quantitative estimate of drug-likeness (QED) is 0.553. The van der Waals surface area contributed by atoms with Crippen LogP contribution in [0.25, 0.3) is 0 Å². The van der Waals surface area contributed by atoms with Crippen LogP contribution >= 0.6 is 0 Å². The molecular formula is C6H13U-. The van der Waals surface area contributed by atoms with E-state index in [-0.39, 0.29) is 31.1 Å². The number of rotatable bonds is 3. The van der Waals surface area contributed by atoms with Crippen molar-refractivity contribution < 1.29 is 31.1 Å². The van der Waals surface area contributed by atoms with Crippen molar-refractivity contribution in [2.45, 2.75) is 32.6 Å². The third-order valence-electron chi connectivity index (χ3n) is 0.854. The second-order valence-corrected chi connectivity index (χ2v) is 1.56. The molecule has 0 spiro atoms. The zero-order valence-electron chi connectivity index (χ0n) is 5.04. The third kappa shape index (κ3) is 11.0. The first kappa shape index (κ1) is 10.9. The van der Waals surface area contributed by atoms with E-state index in [4.69, 9.17) is 0 Å². The molecule has 42 valence electrons. The molecule has 0 unspecified atom stereocenters. The molecule has 0 bridgehead atoms. The molecule has 0 fully saturated rings. The van der Waals surface area contributed by atoms with Crippen molar-refractivity contribution in [3.63, 3.8) is 0 Å². The van der Waals surface area contributed by atoms with Crippen molar-refractivity contribution >= 4 is 0 Å². The molecule has 0 saturated carbocycles. The summed E-state index contributed by atoms with van der Waals surface area (Å²) in [7, 11) is 0. The van der Waals surface area contributed by atoms with Crippen molar-refractivity contribution in [2.75, 3.05) is 0 Å². The molecule has 0 aromatic heterocycles. The number of hydrogen-bond acceptors (Lipinski definition) is 0. The Morgan fingerprint density at radius 1 is 1.29 bits per heavy atom. The van der Waals surface area contributed by atoms with Crippen LogP contribution in [-0.4, -0.2) is 0 Å². The van der Waals surface area contributed by atoms with Crippen LogP contribution in [0.5, 0.6) is 0 Å². The van der Waals surface area contributed by atoms with Gasteiger partial charge in [0.05, 0.1) is 0 Å². The summed E-state index contributed by atoms with van der Waals surface area (Å²) in [6, 6.07) is 0. The van der Waals surface area contributed by atoms with Crippen LogP contribution in [0.3, 0.4) is 0 Å². The first-order valence-corrected chi connectivity index (χ1v) is 2.71. The van der Waals surface area contributed by atoms with E-state index >= 15 is 0 Å². The first-order chi connectivity index (χ1) is 2.91. The van der Waals surface area contributed by atoms with Gasteiger partial charge in [0.1, 0.15) is 0 Å². The Kier molecular flexibility index (Phi) is 15.8. The minimum atomic E-state index is 0. The van der Waals surface area contributed by atoms with Crippen LogP contribution in [0.4, 0.5) is 0 Å². The van der Waals surface area contributed by atoms with E-state index in [1.807, 2.05) is 0 Å². The number of hydrogen-bond donors (Lipinski definition) is 0. The molecule has 0 aliphatic heterocycles. The Balaban J connectivity index is 0. The summed E-state index contributed by atoms with van der Waals surface area (Å²) in [6.07, 6.45) is 5.07. The van der Waals surface area contributed by atoms with Gasteiger partial charge in [-0.1, -0.05) is 26.2 Å². The molecule has 0 saturated heterocycles. The van der Waals surface area contributed by atoms with E-state index < -0.39 is 0 Å². The summed E-state index contributed by atoms with van der Waals surface area (Å²) >= 11 is 0. The predicted molar refractivity (Wildman–Crippen MR) is 29.5 cm³/mol. The van der Waals surface area contributed by atoms with Crippen LogP contribution < -0.4 is 0 Å². The standard InChI is InChI=1S/C6H13.U/c1-3-5-6-4-2;/h1,3-6H2,2H3;/q-1;. The second-order valence-electron chi connectivity index (χ2n) is 1.56. The normalized spacial score (nSPS) is 7.71. The Hall–Kier alpha value is 1.05. The fourth-order valence-electron chi connectivity index (χ4n) is 0.427. The number of unbranched alkanes of at least 4 members (excludes halogenated alkanes) is 3. The molecule has 0 aromatic carbocycles. The molecule has 0 rings (SSSR count). The van der Waals surface area contributed by atoms with Crippen molar-refractivity contribution in [2.24, 2.45) is 0 Å². The van der Waals surface area contributed by atoms with E-state index in [1.165, 1.54) is 19.3 Å². The maximum absolute atomic E-state index is 3.72. The monoisotopic (exact) mass is 323 g/mol. The van der Waals surface area contributed by atoms with Gasteiger partial charge >= 0.3 is 0 Å². The van der Waals surface area contributed by atoms with Gasteiger partial charge in [-0.25, -0.2) is 0 Å². The maximum atomic E-state index is 3.72. The van der Waals surface area contributed by atoms with Gasteiger partial charge in [-0.3, -0.25) is 0 Å². The van der Waals surface area contributed by atoms with E-state index in [2.05, 4.69) is 13.8 Å². The molecule has 0 N–H and O–H groups in total. The van der Waals surface area contributed by atoms with E-state index in [9.17, 15) is 0 Å². The Bertz CT molecular complexity index is 16.1. The fraction of sp³-hybridized carbons (Fsp3) is 0.833. The Labute approximate surface area is 70.4 Å². The molecule has 0 radical (unpaired) electrons. The molecule has 0 aliphatic rings. The Morgan fingerprint density at radius 3 is 2.00 bits per heavy atom. The first-order valence-electron chi connectivity index (χ1n) is 2.71. The van der Waals surface area contributed by atoms with Gasteiger partial charge in [0.2, 0.25) is 0 Å². The molecule has 0 amide bonds. The van der Waals surface area contributed by atoms with Gasteiger partial charge in [-0.05, 0) is 0 Å². The average Bonchev–Trinajstić information content (AvgIpc) is 1.61. The van der Waals surface area contributed by atoms with Crippen LogP contribution in [0.2, 0.25) is 0 Å². The van der Waals surface area contributed by atoms with E-state index in [0.29, 0.717) is 0 Å². The van der Waals surface area contributed by atoms with Gasteiger partial charge in [-0.15, -0.1) is 0 Å². The van der Waals surface area contributed by atoms with E-state index in [0.717, 1.165) is 6.42 Å². The summed E-state index contributed by atoms with van der Waals surface area (Å²) < 4.78 is 0. The minimum Gasteiger partial charge on any atom is -0.343 e. The maximum Gasteiger partial charge on any atom is 0 e. The summed E-state index contributed by atoms with van der Waals surface area (Å²) in [6.45, 7) is 5.93. The van der Waals surface area contributed by atoms with Crippen molar-refractivity contribution in [1.29, 1.82) is 0 Å². The van der Waals surface area contributed by atoms with Gasteiger partial charge in [0.15, 0.2) is 0 Å². The fourth-order valence-corrected chi connectivity index (χ4v) is 0.427. The van der Waals surface area contributed by atoms with Crippen LogP contribution in [0.15, 0.2) is 0 Å². The summed E-state index contributed by atoms with van der Waals surface area (Å²) in [5.74, 6) is 0. The zero-order chi connectivity index (χ0) is 4.83. The summed E-state index contributed by atoms with van der Waals surface area (Å²) in [5, 5.41) is 0. The zero-order valence-corrected chi connectivity index (χ0v) is 9.20. The molecule has 0 aromatic rings. The average molecular weight is 323 g/mol. The SMILES string of the molecule is [CH2-]CCCCC.[U]. The predicted octanol–water partition coefficient (Wildman–Crippen LogP) is 2.40. The topological polar surface area (TPSA) is 0 Å².